The first-order chi connectivity index (χ1) is 17.0. The summed E-state index contributed by atoms with van der Waals surface area (Å²) in [6, 6.07) is 21.4. The van der Waals surface area contributed by atoms with Crippen molar-refractivity contribution in [1.29, 1.82) is 0 Å². The van der Waals surface area contributed by atoms with Gasteiger partial charge in [0.15, 0.2) is 0 Å². The number of ketones is 1. The third-order valence-electron chi connectivity index (χ3n) is 6.39. The highest BCUT2D eigenvalue weighted by Gasteiger charge is 2.46. The Labute approximate surface area is 211 Å². The number of ether oxygens (including phenoxy) is 1. The van der Waals surface area contributed by atoms with Crippen LogP contribution < -0.4 is 4.74 Å². The van der Waals surface area contributed by atoms with E-state index in [2.05, 4.69) is 20.9 Å². The molecule has 1 amide bonds. The predicted molar refractivity (Wildman–Crippen MR) is 138 cm³/mol. The van der Waals surface area contributed by atoms with Gasteiger partial charge in [-0.3, -0.25) is 9.59 Å². The number of hydrogen-bond donors (Lipinski definition) is 2. The van der Waals surface area contributed by atoms with Crippen LogP contribution in [0.25, 0.3) is 16.7 Å². The Bertz CT molecular complexity index is 1460. The van der Waals surface area contributed by atoms with Crippen molar-refractivity contribution in [2.24, 2.45) is 0 Å². The quantitative estimate of drug-likeness (QED) is 0.193. The molecule has 1 aliphatic rings. The summed E-state index contributed by atoms with van der Waals surface area (Å²) in [6.45, 7) is 0.298. The average Bonchev–Trinajstić information content (AvgIpc) is 3.41. The molecule has 3 aromatic carbocycles. The minimum atomic E-state index is -0.778. The van der Waals surface area contributed by atoms with E-state index in [0.717, 1.165) is 20.9 Å². The molecule has 0 radical (unpaired) electrons. The number of halogens is 1. The predicted octanol–water partition coefficient (Wildman–Crippen LogP) is 5.60. The van der Waals surface area contributed by atoms with Crippen LogP contribution in [0.2, 0.25) is 0 Å². The first kappa shape index (κ1) is 22.9. The molecule has 176 valence electrons. The van der Waals surface area contributed by atoms with E-state index in [0.29, 0.717) is 29.8 Å². The van der Waals surface area contributed by atoms with Crippen molar-refractivity contribution in [2.75, 3.05) is 13.7 Å². The number of Topliss-reactive ketones (excluding diaryl/α,β-unsaturated/α-hetero) is 1. The number of amides is 1. The number of nitrogens with one attached hydrogen (secondary N) is 1. The molecule has 2 heterocycles. The Morgan fingerprint density at radius 3 is 2.51 bits per heavy atom. The summed E-state index contributed by atoms with van der Waals surface area (Å²) >= 11 is 3.39. The maximum Gasteiger partial charge on any atom is 0.295 e. The summed E-state index contributed by atoms with van der Waals surface area (Å²) in [4.78, 5) is 31.4. The standard InChI is InChI=1S/C28H23BrN2O4/c1-35-23-9-5-3-7-21(23)25-24(26(32)17-10-12-19(29)13-11-17)27(33)28(34)31(25)15-14-18-16-30-22-8-4-2-6-20(18)22/h2-13,16,25,30,32H,14-15H2,1H3/b26-24+. The van der Waals surface area contributed by atoms with Gasteiger partial charge < -0.3 is 19.7 Å². The first-order valence-corrected chi connectivity index (χ1v) is 12.0. The lowest BCUT2D eigenvalue weighted by molar-refractivity contribution is -0.139. The number of carbonyl (C=O) groups is 2. The summed E-state index contributed by atoms with van der Waals surface area (Å²) in [5.74, 6) is -1.01. The van der Waals surface area contributed by atoms with E-state index in [-0.39, 0.29) is 11.3 Å². The number of carbonyl (C=O) groups excluding carboxylic acids is 2. The molecule has 1 fully saturated rings. The fourth-order valence-corrected chi connectivity index (χ4v) is 4.93. The number of hydrogen-bond acceptors (Lipinski definition) is 4. The van der Waals surface area contributed by atoms with Crippen LogP contribution in [-0.2, 0) is 16.0 Å². The van der Waals surface area contributed by atoms with Crippen molar-refractivity contribution in [1.82, 2.24) is 9.88 Å². The van der Waals surface area contributed by atoms with E-state index in [9.17, 15) is 14.7 Å². The van der Waals surface area contributed by atoms with E-state index in [1.165, 1.54) is 4.90 Å². The highest BCUT2D eigenvalue weighted by atomic mass is 79.9. The smallest absolute Gasteiger partial charge is 0.295 e. The van der Waals surface area contributed by atoms with Crippen LogP contribution in [0, 0.1) is 0 Å². The summed E-state index contributed by atoms with van der Waals surface area (Å²) in [7, 11) is 1.55. The summed E-state index contributed by atoms with van der Waals surface area (Å²) in [5.41, 5.74) is 3.23. The minimum Gasteiger partial charge on any atom is -0.507 e. The number of H-pyrrole nitrogens is 1. The molecule has 0 saturated carbocycles. The van der Waals surface area contributed by atoms with Crippen molar-refractivity contribution in [2.45, 2.75) is 12.5 Å². The molecule has 1 saturated heterocycles. The molecule has 1 unspecified atom stereocenters. The van der Waals surface area contributed by atoms with Crippen molar-refractivity contribution in [3.8, 4) is 5.75 Å². The topological polar surface area (TPSA) is 82.6 Å². The maximum atomic E-state index is 13.3. The Kier molecular flexibility index (Phi) is 6.17. The van der Waals surface area contributed by atoms with Gasteiger partial charge in [0.2, 0.25) is 0 Å². The number of likely N-dealkylation sites (tertiary alicyclic amines) is 1. The van der Waals surface area contributed by atoms with E-state index in [1.807, 2.05) is 48.7 Å². The second-order valence-corrected chi connectivity index (χ2v) is 9.27. The number of aliphatic hydroxyl groups is 1. The molecule has 5 rings (SSSR count). The lowest BCUT2D eigenvalue weighted by Crippen LogP contribution is -2.31. The lowest BCUT2D eigenvalue weighted by Gasteiger charge is -2.26. The van der Waals surface area contributed by atoms with Gasteiger partial charge in [0.1, 0.15) is 11.5 Å². The van der Waals surface area contributed by atoms with E-state index >= 15 is 0 Å². The molecule has 1 aliphatic heterocycles. The zero-order chi connectivity index (χ0) is 24.5. The first-order valence-electron chi connectivity index (χ1n) is 11.2. The van der Waals surface area contributed by atoms with Gasteiger partial charge in [0.05, 0.1) is 18.7 Å². The fraction of sp³-hybridized carbons (Fsp3) is 0.143. The number of methoxy groups -OCH3 is 1. The Morgan fingerprint density at radius 1 is 1.03 bits per heavy atom. The number of aliphatic hydroxyl groups excluding tert-OH is 1. The highest BCUT2D eigenvalue weighted by Crippen LogP contribution is 2.42. The second-order valence-electron chi connectivity index (χ2n) is 8.35. The van der Waals surface area contributed by atoms with Crippen molar-refractivity contribution in [3.63, 3.8) is 0 Å². The number of aromatic nitrogens is 1. The molecule has 6 nitrogen and oxygen atoms in total. The summed E-state index contributed by atoms with van der Waals surface area (Å²) in [6.07, 6.45) is 2.47. The minimum absolute atomic E-state index is 0.0562. The largest absolute Gasteiger partial charge is 0.507 e. The zero-order valence-corrected chi connectivity index (χ0v) is 20.6. The van der Waals surface area contributed by atoms with Crippen LogP contribution in [0.4, 0.5) is 0 Å². The van der Waals surface area contributed by atoms with Gasteiger partial charge in [0.25, 0.3) is 11.7 Å². The average molecular weight is 531 g/mol. The van der Waals surface area contributed by atoms with Gasteiger partial charge >= 0.3 is 0 Å². The van der Waals surface area contributed by atoms with Crippen molar-refractivity contribution in [3.05, 3.63) is 106 Å². The van der Waals surface area contributed by atoms with Crippen LogP contribution >= 0.6 is 15.9 Å². The summed E-state index contributed by atoms with van der Waals surface area (Å²) < 4.78 is 6.41. The zero-order valence-electron chi connectivity index (χ0n) is 19.0. The molecule has 35 heavy (non-hydrogen) atoms. The molecule has 7 heteroatoms. The van der Waals surface area contributed by atoms with Gasteiger partial charge in [-0.05, 0) is 36.2 Å². The molecular formula is C28H23BrN2O4. The number of nitrogens with zero attached hydrogens (tertiary/aromatic N) is 1. The van der Waals surface area contributed by atoms with E-state index in [4.69, 9.17) is 4.74 Å². The van der Waals surface area contributed by atoms with Crippen molar-refractivity contribution >= 4 is 44.3 Å². The monoisotopic (exact) mass is 530 g/mol. The van der Waals surface area contributed by atoms with Crippen LogP contribution in [0.5, 0.6) is 5.75 Å². The Balaban J connectivity index is 1.59. The molecule has 1 aromatic heterocycles. The number of benzene rings is 3. The molecule has 0 aliphatic carbocycles. The van der Waals surface area contributed by atoms with Gasteiger partial charge in [-0.1, -0.05) is 64.5 Å². The SMILES string of the molecule is COc1ccccc1C1/C(=C(\O)c2ccc(Br)cc2)C(=O)C(=O)N1CCc1c[nH]c2ccccc12. The van der Waals surface area contributed by atoms with Gasteiger partial charge in [0, 0.05) is 39.2 Å². The lowest BCUT2D eigenvalue weighted by atomic mass is 9.94. The third kappa shape index (κ3) is 4.12. The van der Waals surface area contributed by atoms with Crippen molar-refractivity contribution < 1.29 is 19.4 Å². The Hall–Kier alpha value is -3.84. The van der Waals surface area contributed by atoms with Crippen LogP contribution in [-0.4, -0.2) is 40.3 Å². The Morgan fingerprint density at radius 2 is 1.74 bits per heavy atom. The van der Waals surface area contributed by atoms with Crippen LogP contribution in [0.3, 0.4) is 0 Å². The van der Waals surface area contributed by atoms with E-state index in [1.54, 1.807) is 37.4 Å². The van der Waals surface area contributed by atoms with Gasteiger partial charge in [-0.25, -0.2) is 0 Å². The molecule has 1 atom stereocenters. The molecular weight excluding hydrogens is 508 g/mol. The summed E-state index contributed by atoms with van der Waals surface area (Å²) in [5, 5.41) is 12.3. The number of aromatic amines is 1. The van der Waals surface area contributed by atoms with Crippen LogP contribution in [0.15, 0.2) is 89.0 Å². The number of rotatable bonds is 6. The van der Waals surface area contributed by atoms with Gasteiger partial charge in [-0.2, -0.15) is 0 Å². The van der Waals surface area contributed by atoms with Gasteiger partial charge in [-0.15, -0.1) is 0 Å². The second kappa shape index (κ2) is 9.43. The molecule has 0 bridgehead atoms. The third-order valence-corrected chi connectivity index (χ3v) is 6.92. The normalized spacial score (nSPS) is 17.3. The number of fused-ring (bicyclic) bond motifs is 1. The van der Waals surface area contributed by atoms with Crippen LogP contribution in [0.1, 0.15) is 22.7 Å². The molecule has 4 aromatic rings. The maximum absolute atomic E-state index is 13.3. The molecule has 2 N–H and O–H groups in total. The highest BCUT2D eigenvalue weighted by molar-refractivity contribution is 9.10. The van der Waals surface area contributed by atoms with E-state index < -0.39 is 17.7 Å². The molecule has 0 spiro atoms. The number of para-hydroxylation sites is 2. The fourth-order valence-electron chi connectivity index (χ4n) is 4.67.